The maximum absolute atomic E-state index is 13.8. The van der Waals surface area contributed by atoms with Crippen LogP contribution in [0, 0.1) is 24.5 Å². The summed E-state index contributed by atoms with van der Waals surface area (Å²) in [5.41, 5.74) is 3.56. The van der Waals surface area contributed by atoms with Crippen molar-refractivity contribution in [2.24, 2.45) is 5.92 Å². The monoisotopic (exact) mass is 464 g/mol. The highest BCUT2D eigenvalue weighted by Gasteiger charge is 2.27. The molecule has 178 valence electrons. The Morgan fingerprint density at radius 2 is 1.76 bits per heavy atom. The molecule has 7 heteroatoms. The van der Waals surface area contributed by atoms with Crippen molar-refractivity contribution in [1.29, 1.82) is 0 Å². The molecule has 2 aromatic carbocycles. The average molecular weight is 465 g/mol. The van der Waals surface area contributed by atoms with E-state index < -0.39 is 0 Å². The third-order valence-electron chi connectivity index (χ3n) is 6.82. The third kappa shape index (κ3) is 5.04. The summed E-state index contributed by atoms with van der Waals surface area (Å²) in [6.07, 6.45) is 3.04. The lowest BCUT2D eigenvalue weighted by Gasteiger charge is -2.33. The maximum Gasteiger partial charge on any atom is 0.228 e. The third-order valence-corrected chi connectivity index (χ3v) is 6.82. The summed E-state index contributed by atoms with van der Waals surface area (Å²) in [4.78, 5) is 14.3. The van der Waals surface area contributed by atoms with E-state index in [0.717, 1.165) is 55.7 Å². The summed E-state index contributed by atoms with van der Waals surface area (Å²) in [6, 6.07) is 11.4. The lowest BCUT2D eigenvalue weighted by Crippen LogP contribution is -2.36. The predicted octanol–water partition coefficient (Wildman–Crippen LogP) is 5.65. The summed E-state index contributed by atoms with van der Waals surface area (Å²) < 4.78 is 33.4. The van der Waals surface area contributed by atoms with Crippen molar-refractivity contribution >= 4 is 5.95 Å². The number of rotatable bonds is 5. The number of halogens is 2. The largest absolute Gasteiger partial charge is 0.438 e. The van der Waals surface area contributed by atoms with Crippen LogP contribution >= 0.6 is 0 Å². The van der Waals surface area contributed by atoms with E-state index in [9.17, 15) is 8.78 Å². The molecule has 5 nitrogen and oxygen atoms in total. The van der Waals surface area contributed by atoms with E-state index in [1.165, 1.54) is 18.2 Å². The summed E-state index contributed by atoms with van der Waals surface area (Å²) in [5.74, 6) is 2.04. The molecule has 0 radical (unpaired) electrons. The van der Waals surface area contributed by atoms with E-state index in [-0.39, 0.29) is 11.6 Å². The zero-order chi connectivity index (χ0) is 23.7. The molecule has 3 heterocycles. The Kier molecular flexibility index (Phi) is 6.46. The number of nitrogens with zero attached hydrogens (tertiary/aromatic N) is 4. The van der Waals surface area contributed by atoms with Gasteiger partial charge in [0.05, 0.1) is 11.3 Å². The van der Waals surface area contributed by atoms with E-state index in [1.807, 2.05) is 12.1 Å². The van der Waals surface area contributed by atoms with Crippen LogP contribution in [-0.4, -0.2) is 34.5 Å². The van der Waals surface area contributed by atoms with Crippen LogP contribution in [0.4, 0.5) is 14.7 Å². The lowest BCUT2D eigenvalue weighted by atomic mass is 9.99. The van der Waals surface area contributed by atoms with Crippen molar-refractivity contribution in [1.82, 2.24) is 14.9 Å². The zero-order valence-electron chi connectivity index (χ0n) is 19.7. The normalized spacial score (nSPS) is 17.0. The topological polar surface area (TPSA) is 41.5 Å². The van der Waals surface area contributed by atoms with E-state index in [2.05, 4.69) is 16.7 Å². The molecule has 0 saturated carbocycles. The zero-order valence-corrected chi connectivity index (χ0v) is 19.7. The second-order valence-electron chi connectivity index (χ2n) is 9.52. The van der Waals surface area contributed by atoms with Crippen LogP contribution in [-0.2, 0) is 19.5 Å². The minimum atomic E-state index is -0.259. The molecule has 0 amide bonds. The van der Waals surface area contributed by atoms with Gasteiger partial charge in [0.1, 0.15) is 17.4 Å². The number of ether oxygens (including phenoxy) is 1. The number of piperidine rings is 1. The van der Waals surface area contributed by atoms with E-state index in [1.54, 1.807) is 19.1 Å². The second-order valence-corrected chi connectivity index (χ2v) is 9.52. The van der Waals surface area contributed by atoms with Crippen molar-refractivity contribution in [3.05, 3.63) is 76.5 Å². The fraction of sp³-hybridized carbons (Fsp3) is 0.407. The molecule has 0 aliphatic carbocycles. The van der Waals surface area contributed by atoms with Gasteiger partial charge in [-0.2, -0.15) is 4.98 Å². The molecule has 0 unspecified atom stereocenters. The molecule has 3 aromatic rings. The minimum absolute atomic E-state index is 0.231. The van der Waals surface area contributed by atoms with Gasteiger partial charge < -0.3 is 9.64 Å². The average Bonchev–Trinajstić information content (AvgIpc) is 2.83. The van der Waals surface area contributed by atoms with Crippen LogP contribution in [0.2, 0.25) is 0 Å². The van der Waals surface area contributed by atoms with Gasteiger partial charge >= 0.3 is 0 Å². The molecular formula is C27H30F2N4O. The van der Waals surface area contributed by atoms with E-state index in [0.29, 0.717) is 42.1 Å². The molecule has 0 atom stereocenters. The number of anilines is 1. The Bertz CT molecular complexity index is 1160. The SMILES string of the molecule is Cc1cc(Oc2nc(N3CCC(C)CC3)nc3c2CN(Cc2ccc(F)cc2)CC3)ccc1F. The minimum Gasteiger partial charge on any atom is -0.438 e. The first kappa shape index (κ1) is 22.7. The van der Waals surface area contributed by atoms with Gasteiger partial charge in [0.25, 0.3) is 0 Å². The molecule has 0 bridgehead atoms. The number of aryl methyl sites for hydroxylation is 1. The highest BCUT2D eigenvalue weighted by atomic mass is 19.1. The number of benzene rings is 2. The molecule has 0 spiro atoms. The quantitative estimate of drug-likeness (QED) is 0.488. The van der Waals surface area contributed by atoms with E-state index in [4.69, 9.17) is 14.7 Å². The molecule has 2 aliphatic heterocycles. The molecule has 1 fully saturated rings. The van der Waals surface area contributed by atoms with Crippen molar-refractivity contribution < 1.29 is 13.5 Å². The number of hydrogen-bond acceptors (Lipinski definition) is 5. The van der Waals surface area contributed by atoms with Crippen molar-refractivity contribution in [3.63, 3.8) is 0 Å². The first-order valence-electron chi connectivity index (χ1n) is 12.0. The number of aromatic nitrogens is 2. The predicted molar refractivity (Wildman–Crippen MR) is 128 cm³/mol. The second kappa shape index (κ2) is 9.66. The molecule has 1 aromatic heterocycles. The van der Waals surface area contributed by atoms with Crippen LogP contribution in [0.5, 0.6) is 11.6 Å². The molecule has 0 N–H and O–H groups in total. The Labute approximate surface area is 199 Å². The molecular weight excluding hydrogens is 434 g/mol. The first-order valence-corrected chi connectivity index (χ1v) is 12.0. The molecule has 1 saturated heterocycles. The molecule has 2 aliphatic rings. The van der Waals surface area contributed by atoms with Crippen molar-refractivity contribution in [2.45, 2.75) is 46.2 Å². The van der Waals surface area contributed by atoms with Gasteiger partial charge in [0.2, 0.25) is 11.8 Å². The van der Waals surface area contributed by atoms with Gasteiger partial charge in [0, 0.05) is 39.1 Å². The Balaban J connectivity index is 1.44. The fourth-order valence-electron chi connectivity index (χ4n) is 4.64. The maximum atomic E-state index is 13.8. The summed E-state index contributed by atoms with van der Waals surface area (Å²) in [5, 5.41) is 0. The van der Waals surface area contributed by atoms with Crippen LogP contribution in [0.15, 0.2) is 42.5 Å². The van der Waals surface area contributed by atoms with Crippen LogP contribution in [0.25, 0.3) is 0 Å². The van der Waals surface area contributed by atoms with Crippen LogP contribution in [0.1, 0.15) is 42.1 Å². The van der Waals surface area contributed by atoms with Gasteiger partial charge in [-0.25, -0.2) is 13.8 Å². The van der Waals surface area contributed by atoms with E-state index >= 15 is 0 Å². The van der Waals surface area contributed by atoms with Gasteiger partial charge in [-0.05, 0) is 67.1 Å². The highest BCUT2D eigenvalue weighted by molar-refractivity contribution is 5.44. The van der Waals surface area contributed by atoms with Crippen LogP contribution in [0.3, 0.4) is 0 Å². The summed E-state index contributed by atoms with van der Waals surface area (Å²) >= 11 is 0. The molecule has 34 heavy (non-hydrogen) atoms. The van der Waals surface area contributed by atoms with Crippen LogP contribution < -0.4 is 9.64 Å². The smallest absolute Gasteiger partial charge is 0.228 e. The van der Waals surface area contributed by atoms with Crippen molar-refractivity contribution in [3.8, 4) is 11.6 Å². The van der Waals surface area contributed by atoms with Gasteiger partial charge in [-0.1, -0.05) is 19.1 Å². The Morgan fingerprint density at radius 1 is 1.00 bits per heavy atom. The number of fused-ring (bicyclic) bond motifs is 1. The first-order chi connectivity index (χ1) is 16.4. The van der Waals surface area contributed by atoms with Crippen molar-refractivity contribution in [2.75, 3.05) is 24.5 Å². The fourth-order valence-corrected chi connectivity index (χ4v) is 4.64. The number of hydrogen-bond donors (Lipinski definition) is 0. The lowest BCUT2D eigenvalue weighted by molar-refractivity contribution is 0.238. The Morgan fingerprint density at radius 3 is 2.50 bits per heavy atom. The van der Waals surface area contributed by atoms with Gasteiger partial charge in [-0.15, -0.1) is 0 Å². The molecule has 5 rings (SSSR count). The van der Waals surface area contributed by atoms with Gasteiger partial charge in [0.15, 0.2) is 0 Å². The Hall–Kier alpha value is -3.06. The standard InChI is InChI=1S/C27H30F2N4O/c1-18-9-13-33(14-10-18)27-30-25-11-12-32(16-20-3-5-21(28)6-4-20)17-23(25)26(31-27)34-22-7-8-24(29)19(2)15-22/h3-8,15,18H,9-14,16-17H2,1-2H3. The highest BCUT2D eigenvalue weighted by Crippen LogP contribution is 2.33. The van der Waals surface area contributed by atoms with Gasteiger partial charge in [-0.3, -0.25) is 4.90 Å². The summed E-state index contributed by atoms with van der Waals surface area (Å²) in [6.45, 7) is 8.08. The summed E-state index contributed by atoms with van der Waals surface area (Å²) in [7, 11) is 0.